The molecule has 0 heterocycles. The Hall–Kier alpha value is -0.320. The van der Waals surface area contributed by atoms with Gasteiger partial charge in [0.2, 0.25) is 0 Å². The van der Waals surface area contributed by atoms with Gasteiger partial charge in [0.15, 0.2) is 0 Å². The van der Waals surface area contributed by atoms with Gasteiger partial charge in [0.25, 0.3) is 0 Å². The molecule has 0 aliphatic heterocycles. The number of carboxylic acid groups (broad SMARTS) is 1. The van der Waals surface area contributed by atoms with Crippen molar-refractivity contribution >= 4 is 45.1 Å². The molecule has 1 aliphatic carbocycles. The lowest BCUT2D eigenvalue weighted by atomic mass is 10.1. The molecule has 1 aromatic carbocycles. The molecule has 0 radical (unpaired) electrons. The van der Waals surface area contributed by atoms with Gasteiger partial charge in [-0.2, -0.15) is 0 Å². The zero-order valence-corrected chi connectivity index (χ0v) is 11.8. The van der Waals surface area contributed by atoms with Crippen molar-refractivity contribution in [3.05, 3.63) is 33.5 Å². The summed E-state index contributed by atoms with van der Waals surface area (Å²) in [5, 5.41) is 8.95. The molecule has 1 aromatic rings. The van der Waals surface area contributed by atoms with Gasteiger partial charge in [-0.05, 0) is 40.0 Å². The number of aryl methyl sites for hydroxylation is 1. The summed E-state index contributed by atoms with van der Waals surface area (Å²) in [6, 6.07) is 3.19. The number of halogens is 4. The molecular weight excluding hydrogens is 334 g/mol. The van der Waals surface area contributed by atoms with Crippen LogP contribution in [0.25, 0.3) is 0 Å². The van der Waals surface area contributed by atoms with Gasteiger partial charge >= 0.3 is 5.97 Å². The summed E-state index contributed by atoms with van der Waals surface area (Å²) >= 11 is 14.8. The lowest BCUT2D eigenvalue weighted by Gasteiger charge is -2.06. The minimum atomic E-state index is -1.43. The van der Waals surface area contributed by atoms with Crippen molar-refractivity contribution in [3.8, 4) is 0 Å². The third-order valence-electron chi connectivity index (χ3n) is 2.86. The van der Waals surface area contributed by atoms with E-state index in [4.69, 9.17) is 28.3 Å². The fourth-order valence-corrected chi connectivity index (χ4v) is 3.39. The van der Waals surface area contributed by atoms with E-state index in [9.17, 15) is 9.18 Å². The van der Waals surface area contributed by atoms with E-state index in [2.05, 4.69) is 15.9 Å². The molecule has 2 rings (SSSR count). The molecule has 2 atom stereocenters. The van der Waals surface area contributed by atoms with E-state index in [0.717, 1.165) is 5.56 Å². The Morgan fingerprint density at radius 1 is 1.53 bits per heavy atom. The first-order chi connectivity index (χ1) is 7.76. The number of alkyl halides is 2. The molecule has 6 heteroatoms. The standard InChI is InChI=1S/C11H8BrCl2FO2/c1-4-2-5(9(15)6(12)3-4)7-8(10(16)17)11(7,13)14/h2-3,7-8H,1H3,(H,16,17). The molecule has 0 amide bonds. The minimum Gasteiger partial charge on any atom is -0.481 e. The van der Waals surface area contributed by atoms with Crippen molar-refractivity contribution in [2.24, 2.45) is 5.92 Å². The number of carboxylic acids is 1. The van der Waals surface area contributed by atoms with E-state index in [1.807, 2.05) is 0 Å². The Balaban J connectivity index is 2.47. The number of hydrogen-bond acceptors (Lipinski definition) is 1. The zero-order chi connectivity index (χ0) is 13.0. The molecule has 0 aromatic heterocycles. The van der Waals surface area contributed by atoms with Gasteiger partial charge in [0.1, 0.15) is 16.1 Å². The molecule has 0 saturated heterocycles. The van der Waals surface area contributed by atoms with Crippen molar-refractivity contribution < 1.29 is 14.3 Å². The first-order valence-electron chi connectivity index (χ1n) is 4.83. The number of benzene rings is 1. The summed E-state index contributed by atoms with van der Waals surface area (Å²) in [5.41, 5.74) is 1.06. The maximum Gasteiger partial charge on any atom is 0.310 e. The molecule has 92 valence electrons. The lowest BCUT2D eigenvalue weighted by Crippen LogP contribution is -2.03. The van der Waals surface area contributed by atoms with Crippen LogP contribution in [-0.4, -0.2) is 15.4 Å². The molecule has 1 fully saturated rings. The fraction of sp³-hybridized carbons (Fsp3) is 0.364. The summed E-state index contributed by atoms with van der Waals surface area (Å²) in [4.78, 5) is 10.9. The summed E-state index contributed by atoms with van der Waals surface area (Å²) < 4.78 is 12.7. The van der Waals surface area contributed by atoms with Crippen LogP contribution >= 0.6 is 39.1 Å². The Morgan fingerprint density at radius 2 is 2.12 bits per heavy atom. The Bertz CT molecular complexity index is 504. The summed E-state index contributed by atoms with van der Waals surface area (Å²) in [6.45, 7) is 1.79. The van der Waals surface area contributed by atoms with Gasteiger partial charge in [-0.25, -0.2) is 4.39 Å². The van der Waals surface area contributed by atoms with E-state index in [0.29, 0.717) is 0 Å². The zero-order valence-electron chi connectivity index (χ0n) is 8.68. The number of carbonyl (C=O) groups is 1. The molecule has 0 bridgehead atoms. The van der Waals surface area contributed by atoms with Crippen molar-refractivity contribution in [2.75, 3.05) is 0 Å². The predicted octanol–water partition coefficient (Wildman–Crippen LogP) is 3.87. The van der Waals surface area contributed by atoms with Gasteiger partial charge in [-0.3, -0.25) is 4.79 Å². The van der Waals surface area contributed by atoms with Crippen molar-refractivity contribution in [2.45, 2.75) is 17.2 Å². The Morgan fingerprint density at radius 3 is 2.59 bits per heavy atom. The highest BCUT2D eigenvalue weighted by atomic mass is 79.9. The number of hydrogen-bond donors (Lipinski definition) is 1. The van der Waals surface area contributed by atoms with Crippen LogP contribution in [0.15, 0.2) is 16.6 Å². The third-order valence-corrected chi connectivity index (χ3v) is 4.37. The Labute approximate surface area is 116 Å². The topological polar surface area (TPSA) is 37.3 Å². The van der Waals surface area contributed by atoms with Crippen LogP contribution in [-0.2, 0) is 4.79 Å². The van der Waals surface area contributed by atoms with Crippen LogP contribution < -0.4 is 0 Å². The second-order valence-electron chi connectivity index (χ2n) is 4.12. The molecule has 2 nitrogen and oxygen atoms in total. The fourth-order valence-electron chi connectivity index (χ4n) is 2.00. The van der Waals surface area contributed by atoms with Crippen molar-refractivity contribution in [1.82, 2.24) is 0 Å². The van der Waals surface area contributed by atoms with Gasteiger partial charge in [0, 0.05) is 5.92 Å². The highest BCUT2D eigenvalue weighted by molar-refractivity contribution is 9.10. The van der Waals surface area contributed by atoms with Gasteiger partial charge in [-0.15, -0.1) is 0 Å². The molecule has 17 heavy (non-hydrogen) atoms. The molecule has 1 N–H and O–H groups in total. The summed E-state index contributed by atoms with van der Waals surface area (Å²) in [7, 11) is 0. The third kappa shape index (κ3) is 2.07. The van der Waals surface area contributed by atoms with Crippen LogP contribution in [0.3, 0.4) is 0 Å². The molecule has 0 spiro atoms. The average molecular weight is 342 g/mol. The van der Waals surface area contributed by atoms with Crippen LogP contribution in [0.1, 0.15) is 17.0 Å². The second-order valence-corrected chi connectivity index (χ2v) is 6.42. The van der Waals surface area contributed by atoms with E-state index in [-0.39, 0.29) is 10.0 Å². The lowest BCUT2D eigenvalue weighted by molar-refractivity contribution is -0.138. The maximum atomic E-state index is 13.9. The molecule has 1 aliphatic rings. The van der Waals surface area contributed by atoms with Gasteiger partial charge < -0.3 is 5.11 Å². The molecule has 2 unspecified atom stereocenters. The summed E-state index contributed by atoms with van der Waals surface area (Å²) in [5.74, 6) is -3.29. The smallest absolute Gasteiger partial charge is 0.310 e. The predicted molar refractivity (Wildman–Crippen MR) is 67.1 cm³/mol. The van der Waals surface area contributed by atoms with Crippen LogP contribution in [0.2, 0.25) is 0 Å². The highest BCUT2D eigenvalue weighted by Gasteiger charge is 2.68. The Kier molecular flexibility index (Phi) is 3.17. The quantitative estimate of drug-likeness (QED) is 0.829. The monoisotopic (exact) mass is 340 g/mol. The van der Waals surface area contributed by atoms with Crippen molar-refractivity contribution in [1.29, 1.82) is 0 Å². The van der Waals surface area contributed by atoms with Crippen molar-refractivity contribution in [3.63, 3.8) is 0 Å². The van der Waals surface area contributed by atoms with Gasteiger partial charge in [-0.1, -0.05) is 29.3 Å². The molecule has 1 saturated carbocycles. The SMILES string of the molecule is Cc1cc(Br)c(F)c(C2C(C(=O)O)C2(Cl)Cl)c1. The largest absolute Gasteiger partial charge is 0.481 e. The average Bonchev–Trinajstić information content (AvgIpc) is 2.75. The number of aliphatic carboxylic acids is 1. The molecular formula is C11H8BrCl2FO2. The van der Waals surface area contributed by atoms with E-state index in [1.165, 1.54) is 0 Å². The van der Waals surface area contributed by atoms with Crippen LogP contribution in [0, 0.1) is 18.7 Å². The highest BCUT2D eigenvalue weighted by Crippen LogP contribution is 2.65. The number of rotatable bonds is 2. The van der Waals surface area contributed by atoms with Gasteiger partial charge in [0.05, 0.1) is 4.47 Å². The van der Waals surface area contributed by atoms with Crippen LogP contribution in [0.4, 0.5) is 4.39 Å². The van der Waals surface area contributed by atoms with E-state index in [1.54, 1.807) is 19.1 Å². The normalized spacial score (nSPS) is 25.7. The minimum absolute atomic E-state index is 0.245. The first-order valence-corrected chi connectivity index (χ1v) is 6.38. The second kappa shape index (κ2) is 4.11. The van der Waals surface area contributed by atoms with E-state index >= 15 is 0 Å². The summed E-state index contributed by atoms with van der Waals surface area (Å²) in [6.07, 6.45) is 0. The first kappa shape index (κ1) is 13.1. The maximum absolute atomic E-state index is 13.9. The van der Waals surface area contributed by atoms with Crippen LogP contribution in [0.5, 0.6) is 0 Å². The van der Waals surface area contributed by atoms with E-state index < -0.39 is 28.0 Å².